The lowest BCUT2D eigenvalue weighted by atomic mass is 9.99. The van der Waals surface area contributed by atoms with Crippen molar-refractivity contribution in [2.75, 3.05) is 7.11 Å². The Morgan fingerprint density at radius 2 is 1.88 bits per heavy atom. The van der Waals surface area contributed by atoms with Crippen LogP contribution in [0.1, 0.15) is 5.56 Å². The average Bonchev–Trinajstić information content (AvgIpc) is 2.38. The summed E-state index contributed by atoms with van der Waals surface area (Å²) in [5.74, 6) is 3.49. The van der Waals surface area contributed by atoms with E-state index in [2.05, 4.69) is 5.92 Å². The number of terminal acetylenes is 1. The first-order valence-corrected chi connectivity index (χ1v) is 5.19. The van der Waals surface area contributed by atoms with E-state index in [1.54, 1.807) is 25.3 Å². The Morgan fingerprint density at radius 3 is 2.59 bits per heavy atom. The summed E-state index contributed by atoms with van der Waals surface area (Å²) in [7, 11) is 1.62. The van der Waals surface area contributed by atoms with Crippen LogP contribution in [0.3, 0.4) is 0 Å². The second-order valence-electron chi connectivity index (χ2n) is 3.57. The predicted molar refractivity (Wildman–Crippen MR) is 68.0 cm³/mol. The van der Waals surface area contributed by atoms with E-state index in [1.807, 2.05) is 24.3 Å². The average molecular weight is 224 g/mol. The fourth-order valence-electron chi connectivity index (χ4n) is 1.75. The summed E-state index contributed by atoms with van der Waals surface area (Å²) >= 11 is 0. The summed E-state index contributed by atoms with van der Waals surface area (Å²) in [5.41, 5.74) is 2.44. The highest BCUT2D eigenvalue weighted by Crippen LogP contribution is 2.33. The van der Waals surface area contributed by atoms with E-state index < -0.39 is 0 Å². The van der Waals surface area contributed by atoms with Gasteiger partial charge in [-0.25, -0.2) is 0 Å². The molecule has 2 aromatic rings. The molecule has 2 aromatic carbocycles. The Kier molecular flexibility index (Phi) is 3.02. The van der Waals surface area contributed by atoms with Crippen molar-refractivity contribution in [3.05, 3.63) is 48.0 Å². The Hall–Kier alpha value is -2.40. The van der Waals surface area contributed by atoms with Gasteiger partial charge in [0.1, 0.15) is 11.5 Å². The maximum Gasteiger partial charge on any atom is 0.126 e. The predicted octanol–water partition coefficient (Wildman–Crippen LogP) is 3.05. The second kappa shape index (κ2) is 4.63. The van der Waals surface area contributed by atoms with Crippen LogP contribution < -0.4 is 4.74 Å². The molecule has 0 aromatic heterocycles. The molecule has 2 rings (SSSR count). The number of rotatable bonds is 2. The van der Waals surface area contributed by atoms with Gasteiger partial charge in [0, 0.05) is 16.7 Å². The summed E-state index contributed by atoms with van der Waals surface area (Å²) in [4.78, 5) is 0. The van der Waals surface area contributed by atoms with Crippen molar-refractivity contribution in [2.45, 2.75) is 0 Å². The van der Waals surface area contributed by atoms with Crippen molar-refractivity contribution in [3.8, 4) is 35.0 Å². The van der Waals surface area contributed by atoms with Gasteiger partial charge in [-0.05, 0) is 24.3 Å². The van der Waals surface area contributed by atoms with Crippen LogP contribution in [0.2, 0.25) is 0 Å². The largest absolute Gasteiger partial charge is 0.508 e. The highest BCUT2D eigenvalue weighted by Gasteiger charge is 2.09. The molecule has 0 aliphatic rings. The minimum Gasteiger partial charge on any atom is -0.508 e. The van der Waals surface area contributed by atoms with Crippen molar-refractivity contribution in [3.63, 3.8) is 0 Å². The van der Waals surface area contributed by atoms with Gasteiger partial charge in [0.25, 0.3) is 0 Å². The normalized spacial score (nSPS) is 9.65. The first kappa shape index (κ1) is 11.1. The lowest BCUT2D eigenvalue weighted by Crippen LogP contribution is -1.89. The van der Waals surface area contributed by atoms with Gasteiger partial charge in [-0.2, -0.15) is 0 Å². The molecule has 0 amide bonds. The van der Waals surface area contributed by atoms with E-state index in [0.717, 1.165) is 16.9 Å². The third-order valence-electron chi connectivity index (χ3n) is 2.56. The van der Waals surface area contributed by atoms with Gasteiger partial charge in [0.2, 0.25) is 0 Å². The van der Waals surface area contributed by atoms with E-state index >= 15 is 0 Å². The maximum atomic E-state index is 9.42. The molecule has 0 radical (unpaired) electrons. The van der Waals surface area contributed by atoms with Crippen LogP contribution in [-0.4, -0.2) is 12.2 Å². The Morgan fingerprint density at radius 1 is 1.12 bits per heavy atom. The summed E-state index contributed by atoms with van der Waals surface area (Å²) in [5, 5.41) is 9.42. The van der Waals surface area contributed by atoms with Crippen molar-refractivity contribution in [1.82, 2.24) is 0 Å². The van der Waals surface area contributed by atoms with E-state index in [1.165, 1.54) is 0 Å². The van der Waals surface area contributed by atoms with Gasteiger partial charge in [0.05, 0.1) is 7.11 Å². The summed E-state index contributed by atoms with van der Waals surface area (Å²) in [6, 6.07) is 12.6. The second-order valence-corrected chi connectivity index (χ2v) is 3.57. The van der Waals surface area contributed by atoms with Crippen LogP contribution in [0.4, 0.5) is 0 Å². The number of aromatic hydroxyl groups is 1. The van der Waals surface area contributed by atoms with Gasteiger partial charge in [0.15, 0.2) is 0 Å². The maximum absolute atomic E-state index is 9.42. The zero-order valence-electron chi connectivity index (χ0n) is 9.47. The Labute approximate surface area is 100 Å². The molecule has 2 heteroatoms. The van der Waals surface area contributed by atoms with E-state index in [-0.39, 0.29) is 5.75 Å². The zero-order valence-corrected chi connectivity index (χ0v) is 9.47. The minimum atomic E-state index is 0.164. The third-order valence-corrected chi connectivity index (χ3v) is 2.56. The number of benzene rings is 2. The third kappa shape index (κ3) is 2.09. The van der Waals surface area contributed by atoms with Gasteiger partial charge >= 0.3 is 0 Å². The number of ether oxygens (including phenoxy) is 1. The molecular weight excluding hydrogens is 212 g/mol. The van der Waals surface area contributed by atoms with E-state index in [4.69, 9.17) is 11.2 Å². The molecule has 84 valence electrons. The first-order valence-electron chi connectivity index (χ1n) is 5.19. The van der Waals surface area contributed by atoms with Crippen LogP contribution in [0.25, 0.3) is 11.1 Å². The monoisotopic (exact) mass is 224 g/mol. The lowest BCUT2D eigenvalue weighted by Gasteiger charge is -2.10. The molecule has 0 atom stereocenters. The standard InChI is InChI=1S/C15H12O2/c1-3-11-10-12(16)8-9-13(11)14-6-4-5-7-15(14)17-2/h1,4-10,16H,2H3. The fraction of sp³-hybridized carbons (Fsp3) is 0.0667. The number of phenolic OH excluding ortho intramolecular Hbond substituents is 1. The first-order chi connectivity index (χ1) is 8.26. The summed E-state index contributed by atoms with van der Waals surface area (Å²) in [6.45, 7) is 0. The quantitative estimate of drug-likeness (QED) is 0.794. The number of hydrogen-bond donors (Lipinski definition) is 1. The van der Waals surface area contributed by atoms with Crippen molar-refractivity contribution >= 4 is 0 Å². The molecule has 0 spiro atoms. The minimum absolute atomic E-state index is 0.164. The topological polar surface area (TPSA) is 29.5 Å². The summed E-state index contributed by atoms with van der Waals surface area (Å²) in [6.07, 6.45) is 5.45. The van der Waals surface area contributed by atoms with Crippen molar-refractivity contribution in [2.24, 2.45) is 0 Å². The smallest absolute Gasteiger partial charge is 0.126 e. The highest BCUT2D eigenvalue weighted by atomic mass is 16.5. The van der Waals surface area contributed by atoms with Crippen LogP contribution in [-0.2, 0) is 0 Å². The highest BCUT2D eigenvalue weighted by molar-refractivity contribution is 5.76. The molecule has 0 saturated heterocycles. The Balaban J connectivity index is 2.65. The number of para-hydroxylation sites is 1. The summed E-state index contributed by atoms with van der Waals surface area (Å²) < 4.78 is 5.30. The lowest BCUT2D eigenvalue weighted by molar-refractivity contribution is 0.416. The van der Waals surface area contributed by atoms with Crippen molar-refractivity contribution in [1.29, 1.82) is 0 Å². The van der Waals surface area contributed by atoms with Crippen LogP contribution in [0.5, 0.6) is 11.5 Å². The van der Waals surface area contributed by atoms with Gasteiger partial charge in [-0.15, -0.1) is 6.42 Å². The van der Waals surface area contributed by atoms with E-state index in [0.29, 0.717) is 5.56 Å². The number of hydrogen-bond acceptors (Lipinski definition) is 2. The molecule has 17 heavy (non-hydrogen) atoms. The fourth-order valence-corrected chi connectivity index (χ4v) is 1.75. The number of methoxy groups -OCH3 is 1. The molecule has 0 aliphatic heterocycles. The van der Waals surface area contributed by atoms with Crippen LogP contribution in [0.15, 0.2) is 42.5 Å². The van der Waals surface area contributed by atoms with E-state index in [9.17, 15) is 5.11 Å². The van der Waals surface area contributed by atoms with Crippen LogP contribution in [0, 0.1) is 12.3 Å². The molecule has 1 N–H and O–H groups in total. The zero-order chi connectivity index (χ0) is 12.3. The van der Waals surface area contributed by atoms with Gasteiger partial charge in [-0.3, -0.25) is 0 Å². The van der Waals surface area contributed by atoms with Gasteiger partial charge < -0.3 is 9.84 Å². The SMILES string of the molecule is C#Cc1cc(O)ccc1-c1ccccc1OC. The molecule has 0 aliphatic carbocycles. The molecule has 0 unspecified atom stereocenters. The van der Waals surface area contributed by atoms with Gasteiger partial charge in [-0.1, -0.05) is 24.1 Å². The molecule has 0 heterocycles. The molecule has 0 saturated carbocycles. The molecule has 0 fully saturated rings. The molecular formula is C15H12O2. The van der Waals surface area contributed by atoms with Crippen molar-refractivity contribution < 1.29 is 9.84 Å². The molecule has 0 bridgehead atoms. The number of phenols is 1. The van der Waals surface area contributed by atoms with Crippen LogP contribution >= 0.6 is 0 Å². The Bertz CT molecular complexity index is 580. The molecule has 2 nitrogen and oxygen atoms in total.